The van der Waals surface area contributed by atoms with Crippen LogP contribution in [0.25, 0.3) is 5.69 Å². The van der Waals surface area contributed by atoms with Gasteiger partial charge in [0.1, 0.15) is 4.88 Å². The second-order valence-electron chi connectivity index (χ2n) is 3.43. The van der Waals surface area contributed by atoms with E-state index in [1.807, 2.05) is 40.5 Å². The third-order valence-electron chi connectivity index (χ3n) is 2.17. The summed E-state index contributed by atoms with van der Waals surface area (Å²) in [5.41, 5.74) is 0.873. The van der Waals surface area contributed by atoms with E-state index in [9.17, 15) is 4.79 Å². The molecule has 17 heavy (non-hydrogen) atoms. The first kappa shape index (κ1) is 12.0. The second-order valence-corrected chi connectivity index (χ2v) is 4.88. The molecule has 5 heteroatoms. The maximum absolute atomic E-state index is 11.9. The van der Waals surface area contributed by atoms with Gasteiger partial charge in [-0.3, -0.25) is 4.79 Å². The molecule has 0 atom stereocenters. The Kier molecular flexibility index (Phi) is 3.66. The molecule has 0 saturated heterocycles. The van der Waals surface area contributed by atoms with Crippen LogP contribution in [0.3, 0.4) is 0 Å². The highest BCUT2D eigenvalue weighted by Crippen LogP contribution is 2.21. The first-order chi connectivity index (χ1) is 8.18. The van der Waals surface area contributed by atoms with Crippen molar-refractivity contribution >= 4 is 28.8 Å². The standard InChI is InChI=1S/C12H11ClN2OS/c1-9(13)8-14-12(16)11-10(4-7-17-11)15-5-2-3-6-15/h2-7H,1,8H2,(H,14,16). The van der Waals surface area contributed by atoms with Crippen LogP contribution in [0, 0.1) is 0 Å². The summed E-state index contributed by atoms with van der Waals surface area (Å²) in [6.45, 7) is 3.81. The van der Waals surface area contributed by atoms with Gasteiger partial charge in [-0.1, -0.05) is 18.2 Å². The minimum atomic E-state index is -0.134. The van der Waals surface area contributed by atoms with Crippen LogP contribution < -0.4 is 5.32 Å². The third kappa shape index (κ3) is 2.78. The minimum Gasteiger partial charge on any atom is -0.346 e. The number of hydrogen-bond acceptors (Lipinski definition) is 2. The van der Waals surface area contributed by atoms with Crippen LogP contribution in [0.1, 0.15) is 9.67 Å². The lowest BCUT2D eigenvalue weighted by Gasteiger charge is -2.05. The molecule has 0 aliphatic heterocycles. The fraction of sp³-hybridized carbons (Fsp3) is 0.0833. The zero-order valence-electron chi connectivity index (χ0n) is 9.02. The first-order valence-corrected chi connectivity index (χ1v) is 6.26. The SMILES string of the molecule is C=C(Cl)CNC(=O)c1sccc1-n1cccc1. The van der Waals surface area contributed by atoms with Crippen molar-refractivity contribution in [3.05, 3.63) is 52.5 Å². The average Bonchev–Trinajstić information content (AvgIpc) is 2.94. The molecule has 2 heterocycles. The Labute approximate surface area is 108 Å². The summed E-state index contributed by atoms with van der Waals surface area (Å²) in [6, 6.07) is 5.75. The molecule has 3 nitrogen and oxygen atoms in total. The highest BCUT2D eigenvalue weighted by Gasteiger charge is 2.13. The molecule has 2 aromatic rings. The number of thiophene rings is 1. The fourth-order valence-corrected chi connectivity index (χ4v) is 2.30. The molecule has 2 rings (SSSR count). The zero-order valence-corrected chi connectivity index (χ0v) is 10.6. The lowest BCUT2D eigenvalue weighted by atomic mass is 10.3. The minimum absolute atomic E-state index is 0.134. The summed E-state index contributed by atoms with van der Waals surface area (Å²) in [7, 11) is 0. The monoisotopic (exact) mass is 266 g/mol. The molecule has 1 amide bonds. The van der Waals surface area contributed by atoms with Gasteiger partial charge < -0.3 is 9.88 Å². The molecule has 0 aliphatic carbocycles. The topological polar surface area (TPSA) is 34.0 Å². The molecule has 0 aliphatic rings. The Morgan fingerprint density at radius 1 is 1.47 bits per heavy atom. The van der Waals surface area contributed by atoms with E-state index in [1.165, 1.54) is 11.3 Å². The summed E-state index contributed by atoms with van der Waals surface area (Å²) in [4.78, 5) is 12.6. The molecular formula is C12H11ClN2OS. The van der Waals surface area contributed by atoms with Gasteiger partial charge in [0.25, 0.3) is 5.91 Å². The summed E-state index contributed by atoms with van der Waals surface area (Å²) < 4.78 is 1.90. The zero-order chi connectivity index (χ0) is 12.3. The van der Waals surface area contributed by atoms with Crippen molar-refractivity contribution in [1.29, 1.82) is 0 Å². The lowest BCUT2D eigenvalue weighted by molar-refractivity contribution is 0.0961. The molecule has 0 radical (unpaired) electrons. The number of carbonyl (C=O) groups is 1. The van der Waals surface area contributed by atoms with Crippen molar-refractivity contribution in [3.63, 3.8) is 0 Å². The van der Waals surface area contributed by atoms with Crippen molar-refractivity contribution < 1.29 is 4.79 Å². The second kappa shape index (κ2) is 5.21. The quantitative estimate of drug-likeness (QED) is 0.907. The van der Waals surface area contributed by atoms with Crippen LogP contribution in [0.15, 0.2) is 47.6 Å². The average molecular weight is 267 g/mol. The fourth-order valence-electron chi connectivity index (χ4n) is 1.43. The Hall–Kier alpha value is -1.52. The number of nitrogens with zero attached hydrogens (tertiary/aromatic N) is 1. The van der Waals surface area contributed by atoms with E-state index in [-0.39, 0.29) is 12.5 Å². The summed E-state index contributed by atoms with van der Waals surface area (Å²) in [5.74, 6) is -0.134. The Morgan fingerprint density at radius 3 is 2.82 bits per heavy atom. The number of aromatic nitrogens is 1. The van der Waals surface area contributed by atoms with Gasteiger partial charge in [0.05, 0.1) is 12.2 Å². The third-order valence-corrected chi connectivity index (χ3v) is 3.21. The Balaban J connectivity index is 2.19. The van der Waals surface area contributed by atoms with E-state index >= 15 is 0 Å². The number of carbonyl (C=O) groups excluding carboxylic acids is 1. The number of rotatable bonds is 4. The van der Waals surface area contributed by atoms with Crippen LogP contribution in [-0.2, 0) is 0 Å². The van der Waals surface area contributed by atoms with Gasteiger partial charge in [0.15, 0.2) is 0 Å². The van der Waals surface area contributed by atoms with Crippen LogP contribution in [-0.4, -0.2) is 17.0 Å². The highest BCUT2D eigenvalue weighted by atomic mass is 35.5. The van der Waals surface area contributed by atoms with E-state index < -0.39 is 0 Å². The largest absolute Gasteiger partial charge is 0.346 e. The van der Waals surface area contributed by atoms with Gasteiger partial charge in [0, 0.05) is 17.4 Å². The molecule has 1 N–H and O–H groups in total. The van der Waals surface area contributed by atoms with Gasteiger partial charge in [-0.15, -0.1) is 11.3 Å². The smallest absolute Gasteiger partial charge is 0.263 e. The van der Waals surface area contributed by atoms with E-state index in [0.29, 0.717) is 9.91 Å². The molecule has 0 fully saturated rings. The van der Waals surface area contributed by atoms with Crippen LogP contribution >= 0.6 is 22.9 Å². The van der Waals surface area contributed by atoms with Crippen molar-refractivity contribution in [2.24, 2.45) is 0 Å². The summed E-state index contributed by atoms with van der Waals surface area (Å²) in [6.07, 6.45) is 3.80. The Morgan fingerprint density at radius 2 is 2.18 bits per heavy atom. The highest BCUT2D eigenvalue weighted by molar-refractivity contribution is 7.12. The number of amides is 1. The molecule has 0 aromatic carbocycles. The summed E-state index contributed by atoms with van der Waals surface area (Å²) in [5, 5.41) is 5.02. The van der Waals surface area contributed by atoms with E-state index in [0.717, 1.165) is 5.69 Å². The van der Waals surface area contributed by atoms with E-state index in [1.54, 1.807) is 0 Å². The maximum Gasteiger partial charge on any atom is 0.263 e. The van der Waals surface area contributed by atoms with Crippen molar-refractivity contribution in [3.8, 4) is 5.69 Å². The van der Waals surface area contributed by atoms with Gasteiger partial charge in [-0.05, 0) is 23.6 Å². The van der Waals surface area contributed by atoms with Crippen LogP contribution in [0.4, 0.5) is 0 Å². The van der Waals surface area contributed by atoms with Crippen molar-refractivity contribution in [1.82, 2.24) is 9.88 Å². The number of halogens is 1. The van der Waals surface area contributed by atoms with Gasteiger partial charge in [-0.2, -0.15) is 0 Å². The van der Waals surface area contributed by atoms with Crippen molar-refractivity contribution in [2.45, 2.75) is 0 Å². The number of nitrogens with one attached hydrogen (secondary N) is 1. The normalized spacial score (nSPS) is 10.2. The molecular weight excluding hydrogens is 256 g/mol. The maximum atomic E-state index is 11.9. The van der Waals surface area contributed by atoms with Crippen LogP contribution in [0.2, 0.25) is 0 Å². The Bertz CT molecular complexity index is 530. The van der Waals surface area contributed by atoms with Gasteiger partial charge in [-0.25, -0.2) is 0 Å². The first-order valence-electron chi connectivity index (χ1n) is 5.01. The molecule has 0 bridgehead atoms. The van der Waals surface area contributed by atoms with E-state index in [2.05, 4.69) is 11.9 Å². The summed E-state index contributed by atoms with van der Waals surface area (Å²) >= 11 is 7.01. The molecule has 88 valence electrons. The predicted molar refractivity (Wildman–Crippen MR) is 71.0 cm³/mol. The lowest BCUT2D eigenvalue weighted by Crippen LogP contribution is -2.24. The molecule has 2 aromatic heterocycles. The van der Waals surface area contributed by atoms with E-state index in [4.69, 9.17) is 11.6 Å². The van der Waals surface area contributed by atoms with Crippen molar-refractivity contribution in [2.75, 3.05) is 6.54 Å². The molecule has 0 unspecified atom stereocenters. The van der Waals surface area contributed by atoms with Gasteiger partial charge in [0.2, 0.25) is 0 Å². The predicted octanol–water partition coefficient (Wildman–Crippen LogP) is 3.02. The molecule has 0 saturated carbocycles. The number of hydrogen-bond donors (Lipinski definition) is 1. The van der Waals surface area contributed by atoms with Gasteiger partial charge >= 0.3 is 0 Å². The van der Waals surface area contributed by atoms with Crippen LogP contribution in [0.5, 0.6) is 0 Å². The molecule has 0 spiro atoms.